The van der Waals surface area contributed by atoms with Gasteiger partial charge in [-0.25, -0.2) is 9.97 Å². The Morgan fingerprint density at radius 3 is 3.12 bits per heavy atom. The Morgan fingerprint density at radius 1 is 1.44 bits per heavy atom. The molecule has 1 aliphatic rings. The lowest BCUT2D eigenvalue weighted by molar-refractivity contribution is 0.0550. The van der Waals surface area contributed by atoms with E-state index in [1.807, 2.05) is 0 Å². The number of nitrogens with zero attached hydrogens (tertiary/aromatic N) is 4. The monoisotopic (exact) mass is 341 g/mol. The molecule has 1 amide bonds. The number of amides is 1. The van der Waals surface area contributed by atoms with Gasteiger partial charge in [0, 0.05) is 38.6 Å². The Hall–Kier alpha value is -2.74. The second-order valence-corrected chi connectivity index (χ2v) is 6.28. The second-order valence-electron chi connectivity index (χ2n) is 6.28. The van der Waals surface area contributed by atoms with E-state index >= 15 is 0 Å². The lowest BCUT2D eigenvalue weighted by Gasteiger charge is -2.24. The summed E-state index contributed by atoms with van der Waals surface area (Å²) < 4.78 is 11.3. The molecule has 0 radical (unpaired) electrons. The topological polar surface area (TPSA) is 97.1 Å². The molecule has 8 nitrogen and oxygen atoms in total. The third kappa shape index (κ3) is 3.00. The minimum atomic E-state index is -0.0973. The van der Waals surface area contributed by atoms with Gasteiger partial charge >= 0.3 is 0 Å². The van der Waals surface area contributed by atoms with Gasteiger partial charge in [-0.2, -0.15) is 5.10 Å². The van der Waals surface area contributed by atoms with Crippen LogP contribution in [0.15, 0.2) is 28.9 Å². The van der Waals surface area contributed by atoms with Crippen LogP contribution in [0.2, 0.25) is 0 Å². The molecule has 1 aromatic carbocycles. The molecule has 1 aliphatic heterocycles. The Kier molecular flexibility index (Phi) is 3.96. The van der Waals surface area contributed by atoms with Gasteiger partial charge in [0.15, 0.2) is 11.5 Å². The molecule has 0 bridgehead atoms. The summed E-state index contributed by atoms with van der Waals surface area (Å²) in [5.41, 5.74) is 1.95. The van der Waals surface area contributed by atoms with E-state index in [0.717, 1.165) is 12.2 Å². The van der Waals surface area contributed by atoms with Gasteiger partial charge in [-0.1, -0.05) is 0 Å². The standard InChI is InChI=1S/C17H19N5O3/c1-10-20-13-7-11(3-4-14(13)25-10)17(23)22(2)8-15-12(5-6-24-15)16-18-9-19-21-16/h3-4,7,9,12,15H,5-6,8H2,1-2H3,(H,18,19,21)/t12-,15-/m1/s1. The first-order valence-corrected chi connectivity index (χ1v) is 8.21. The van der Waals surface area contributed by atoms with E-state index in [9.17, 15) is 4.79 Å². The third-order valence-electron chi connectivity index (χ3n) is 4.54. The molecule has 2 atom stereocenters. The van der Waals surface area contributed by atoms with Gasteiger partial charge in [-0.15, -0.1) is 0 Å². The van der Waals surface area contributed by atoms with Crippen LogP contribution in [-0.4, -0.2) is 57.3 Å². The van der Waals surface area contributed by atoms with Crippen LogP contribution in [0, 0.1) is 6.92 Å². The Balaban J connectivity index is 1.49. The molecule has 130 valence electrons. The first kappa shape index (κ1) is 15.8. The molecule has 0 saturated carbocycles. The van der Waals surface area contributed by atoms with Crippen LogP contribution < -0.4 is 0 Å². The first-order valence-electron chi connectivity index (χ1n) is 8.21. The van der Waals surface area contributed by atoms with Crippen molar-refractivity contribution in [2.75, 3.05) is 20.2 Å². The summed E-state index contributed by atoms with van der Waals surface area (Å²) in [4.78, 5) is 22.9. The fraction of sp³-hybridized carbons (Fsp3) is 0.412. The van der Waals surface area contributed by atoms with E-state index in [1.54, 1.807) is 37.1 Å². The molecule has 3 aromatic rings. The van der Waals surface area contributed by atoms with E-state index in [4.69, 9.17) is 9.15 Å². The quantitative estimate of drug-likeness (QED) is 0.778. The SMILES string of the molecule is Cc1nc2cc(C(=O)N(C)C[C@H]3OCC[C@H]3c3ncn[nH]3)ccc2o1. The number of nitrogens with one attached hydrogen (secondary N) is 1. The smallest absolute Gasteiger partial charge is 0.253 e. The van der Waals surface area contributed by atoms with Crippen molar-refractivity contribution in [2.24, 2.45) is 0 Å². The number of H-pyrrole nitrogens is 1. The highest BCUT2D eigenvalue weighted by Crippen LogP contribution is 2.29. The van der Waals surface area contributed by atoms with Crippen LogP contribution in [0.4, 0.5) is 0 Å². The maximum absolute atomic E-state index is 12.8. The highest BCUT2D eigenvalue weighted by atomic mass is 16.5. The van der Waals surface area contributed by atoms with Crippen LogP contribution >= 0.6 is 0 Å². The van der Waals surface area contributed by atoms with E-state index in [0.29, 0.717) is 35.7 Å². The third-order valence-corrected chi connectivity index (χ3v) is 4.54. The summed E-state index contributed by atoms with van der Waals surface area (Å²) in [7, 11) is 1.78. The van der Waals surface area contributed by atoms with Crippen molar-refractivity contribution in [3.05, 3.63) is 41.8 Å². The molecular weight excluding hydrogens is 322 g/mol. The number of carbonyl (C=O) groups is 1. The van der Waals surface area contributed by atoms with Gasteiger partial charge in [-0.05, 0) is 24.6 Å². The van der Waals surface area contributed by atoms with E-state index in [1.165, 1.54) is 6.33 Å². The molecule has 1 fully saturated rings. The summed E-state index contributed by atoms with van der Waals surface area (Å²) in [5.74, 6) is 1.44. The zero-order chi connectivity index (χ0) is 17.4. The van der Waals surface area contributed by atoms with Gasteiger partial charge in [0.2, 0.25) is 0 Å². The zero-order valence-corrected chi connectivity index (χ0v) is 14.1. The Labute approximate surface area is 144 Å². The molecule has 0 unspecified atom stereocenters. The van der Waals surface area contributed by atoms with Crippen LogP contribution in [0.25, 0.3) is 11.1 Å². The number of aromatic nitrogens is 4. The second kappa shape index (κ2) is 6.29. The molecule has 0 aliphatic carbocycles. The van der Waals surface area contributed by atoms with Crippen molar-refractivity contribution in [2.45, 2.75) is 25.4 Å². The van der Waals surface area contributed by atoms with Gasteiger partial charge in [0.25, 0.3) is 5.91 Å². The number of aromatic amines is 1. The molecule has 1 N–H and O–H groups in total. The summed E-state index contributed by atoms with van der Waals surface area (Å²) in [6, 6.07) is 5.29. The largest absolute Gasteiger partial charge is 0.441 e. The Morgan fingerprint density at radius 2 is 2.32 bits per heavy atom. The van der Waals surface area contributed by atoms with Gasteiger partial charge < -0.3 is 14.1 Å². The minimum absolute atomic E-state index is 0.0747. The molecular formula is C17H19N5O3. The minimum Gasteiger partial charge on any atom is -0.441 e. The van der Waals surface area contributed by atoms with E-state index < -0.39 is 0 Å². The maximum Gasteiger partial charge on any atom is 0.253 e. The van der Waals surface area contributed by atoms with Gasteiger partial charge in [0.05, 0.1) is 6.10 Å². The highest BCUT2D eigenvalue weighted by molar-refractivity contribution is 5.97. The molecule has 8 heteroatoms. The molecule has 2 aromatic heterocycles. The number of rotatable bonds is 4. The van der Waals surface area contributed by atoms with Crippen LogP contribution in [0.1, 0.15) is 34.4 Å². The van der Waals surface area contributed by atoms with Crippen LogP contribution in [-0.2, 0) is 4.74 Å². The van der Waals surface area contributed by atoms with E-state index in [2.05, 4.69) is 20.2 Å². The summed E-state index contributed by atoms with van der Waals surface area (Å²) >= 11 is 0. The number of oxazole rings is 1. The number of benzene rings is 1. The molecule has 0 spiro atoms. The van der Waals surface area contributed by atoms with Gasteiger partial charge in [-0.3, -0.25) is 9.89 Å². The van der Waals surface area contributed by atoms with Crippen molar-refractivity contribution in [3.8, 4) is 0 Å². The maximum atomic E-state index is 12.8. The summed E-state index contributed by atoms with van der Waals surface area (Å²) in [6.45, 7) is 2.93. The normalized spacial score (nSPS) is 20.2. The molecule has 4 rings (SSSR count). The zero-order valence-electron chi connectivity index (χ0n) is 14.1. The number of likely N-dealkylation sites (N-methyl/N-ethyl adjacent to an activating group) is 1. The van der Waals surface area contributed by atoms with Crippen molar-refractivity contribution in [1.82, 2.24) is 25.1 Å². The Bertz CT molecular complexity index is 889. The number of carbonyl (C=O) groups excluding carboxylic acids is 1. The summed E-state index contributed by atoms with van der Waals surface area (Å²) in [6.07, 6.45) is 2.26. The predicted molar refractivity (Wildman–Crippen MR) is 89.2 cm³/mol. The lowest BCUT2D eigenvalue weighted by atomic mass is 10.0. The number of aryl methyl sites for hydroxylation is 1. The highest BCUT2D eigenvalue weighted by Gasteiger charge is 2.33. The fourth-order valence-electron chi connectivity index (χ4n) is 3.28. The van der Waals surface area contributed by atoms with Crippen LogP contribution in [0.3, 0.4) is 0 Å². The van der Waals surface area contributed by atoms with E-state index in [-0.39, 0.29) is 17.9 Å². The molecule has 1 saturated heterocycles. The molecule has 25 heavy (non-hydrogen) atoms. The fourth-order valence-corrected chi connectivity index (χ4v) is 3.28. The number of fused-ring (bicyclic) bond motifs is 1. The van der Waals surface area contributed by atoms with Crippen molar-refractivity contribution >= 4 is 17.0 Å². The van der Waals surface area contributed by atoms with Gasteiger partial charge in [0.1, 0.15) is 17.7 Å². The van der Waals surface area contributed by atoms with Crippen molar-refractivity contribution in [3.63, 3.8) is 0 Å². The number of ether oxygens (including phenoxy) is 1. The number of hydrogen-bond donors (Lipinski definition) is 1. The predicted octanol–water partition coefficient (Wildman–Crippen LogP) is 1.90. The summed E-state index contributed by atoms with van der Waals surface area (Å²) in [5, 5.41) is 6.81. The average molecular weight is 341 g/mol. The average Bonchev–Trinajstić information content (AvgIpc) is 3.32. The van der Waals surface area contributed by atoms with Crippen molar-refractivity contribution in [1.29, 1.82) is 0 Å². The number of hydrogen-bond acceptors (Lipinski definition) is 6. The lowest BCUT2D eigenvalue weighted by Crippen LogP contribution is -2.36. The van der Waals surface area contributed by atoms with Crippen molar-refractivity contribution < 1.29 is 13.9 Å². The first-order chi connectivity index (χ1) is 12.1. The molecule has 3 heterocycles. The van der Waals surface area contributed by atoms with Crippen LogP contribution in [0.5, 0.6) is 0 Å².